The average Bonchev–Trinajstić information content (AvgIpc) is 3.03. The maximum Gasteiger partial charge on any atom is 0.285 e. The Morgan fingerprint density at radius 2 is 2.04 bits per heavy atom. The molecule has 0 saturated heterocycles. The molecule has 0 saturated carbocycles. The zero-order chi connectivity index (χ0) is 18.0. The molecule has 0 bridgehead atoms. The van der Waals surface area contributed by atoms with Gasteiger partial charge >= 0.3 is 0 Å². The van der Waals surface area contributed by atoms with Crippen molar-refractivity contribution in [2.45, 2.75) is 26.3 Å². The molecule has 2 aromatic carbocycles. The molecule has 0 radical (unpaired) electrons. The van der Waals surface area contributed by atoms with Crippen molar-refractivity contribution in [1.82, 2.24) is 5.32 Å². The van der Waals surface area contributed by atoms with E-state index in [1.54, 1.807) is 19.1 Å². The normalized spacial score (nSPS) is 14.1. The number of nitro groups is 1. The highest BCUT2D eigenvalue weighted by Crippen LogP contribution is 2.29. The number of hydrogen-bond acceptors (Lipinski definition) is 4. The van der Waals surface area contributed by atoms with Crippen LogP contribution in [0, 0.1) is 17.0 Å². The molecule has 0 unspecified atom stereocenters. The van der Waals surface area contributed by atoms with E-state index in [4.69, 9.17) is 0 Å². The molecule has 1 aliphatic heterocycles. The fourth-order valence-corrected chi connectivity index (χ4v) is 3.35. The molecule has 6 heteroatoms. The number of para-hydroxylation sites is 2. The van der Waals surface area contributed by atoms with E-state index in [1.807, 2.05) is 19.1 Å². The molecular weight excluding hydrogens is 318 g/mol. The van der Waals surface area contributed by atoms with Crippen LogP contribution in [0.2, 0.25) is 0 Å². The number of nitrogens with one attached hydrogen (secondary N) is 1. The highest BCUT2D eigenvalue weighted by atomic mass is 16.6. The lowest BCUT2D eigenvalue weighted by Crippen LogP contribution is -2.41. The van der Waals surface area contributed by atoms with Crippen LogP contribution in [0.25, 0.3) is 0 Å². The number of nitro benzene ring substituents is 1. The van der Waals surface area contributed by atoms with Gasteiger partial charge in [0.15, 0.2) is 0 Å². The maximum absolute atomic E-state index is 12.5. The van der Waals surface area contributed by atoms with Gasteiger partial charge in [0.1, 0.15) is 5.56 Å². The summed E-state index contributed by atoms with van der Waals surface area (Å²) in [7, 11) is 0. The molecule has 1 amide bonds. The zero-order valence-corrected chi connectivity index (χ0v) is 14.4. The number of carbonyl (C=O) groups excluding carboxylic acids is 1. The van der Waals surface area contributed by atoms with Crippen LogP contribution in [0.4, 0.5) is 11.4 Å². The van der Waals surface area contributed by atoms with Crippen LogP contribution in [0.3, 0.4) is 0 Å². The highest BCUT2D eigenvalue weighted by Gasteiger charge is 2.25. The van der Waals surface area contributed by atoms with Crippen LogP contribution >= 0.6 is 0 Å². The molecule has 1 atom stereocenters. The van der Waals surface area contributed by atoms with Crippen molar-refractivity contribution in [1.29, 1.82) is 0 Å². The van der Waals surface area contributed by atoms with Crippen LogP contribution < -0.4 is 10.2 Å². The second kappa shape index (κ2) is 6.93. The molecular formula is C19H21N3O3. The molecule has 6 nitrogen and oxygen atoms in total. The molecule has 0 aromatic heterocycles. The van der Waals surface area contributed by atoms with Crippen molar-refractivity contribution < 1.29 is 9.72 Å². The number of rotatable bonds is 5. The summed E-state index contributed by atoms with van der Waals surface area (Å²) in [5.41, 5.74) is 2.98. The van der Waals surface area contributed by atoms with E-state index < -0.39 is 10.8 Å². The second-order valence-electron chi connectivity index (χ2n) is 6.36. The number of anilines is 1. The van der Waals surface area contributed by atoms with Crippen LogP contribution in [0.5, 0.6) is 0 Å². The predicted octanol–water partition coefficient (Wildman–Crippen LogP) is 3.08. The standard InChI is InChI=1S/C19H21N3O3/c1-13-6-5-8-16(18(13)22(24)25)19(23)20-12-14(2)21-11-10-15-7-3-4-9-17(15)21/h3-9,14H,10-12H2,1-2H3,(H,20,23)/t14-/m0/s1. The van der Waals surface area contributed by atoms with E-state index >= 15 is 0 Å². The first kappa shape index (κ1) is 17.0. The molecule has 1 heterocycles. The van der Waals surface area contributed by atoms with Gasteiger partial charge in [-0.15, -0.1) is 0 Å². The topological polar surface area (TPSA) is 75.5 Å². The quantitative estimate of drug-likeness (QED) is 0.671. The van der Waals surface area contributed by atoms with Gasteiger partial charge in [-0.05, 0) is 38.0 Å². The van der Waals surface area contributed by atoms with Crippen molar-refractivity contribution in [2.24, 2.45) is 0 Å². The lowest BCUT2D eigenvalue weighted by atomic mass is 10.1. The van der Waals surface area contributed by atoms with Crippen LogP contribution in [0.1, 0.15) is 28.4 Å². The van der Waals surface area contributed by atoms with Gasteiger partial charge in [-0.25, -0.2) is 0 Å². The minimum atomic E-state index is -0.496. The van der Waals surface area contributed by atoms with Crippen molar-refractivity contribution in [3.8, 4) is 0 Å². The molecule has 0 fully saturated rings. The summed E-state index contributed by atoms with van der Waals surface area (Å²) >= 11 is 0. The zero-order valence-electron chi connectivity index (χ0n) is 14.4. The minimum Gasteiger partial charge on any atom is -0.366 e. The van der Waals surface area contributed by atoms with Gasteiger partial charge in [0, 0.05) is 30.4 Å². The molecule has 130 valence electrons. The third-order valence-electron chi connectivity index (χ3n) is 4.68. The van der Waals surface area contributed by atoms with E-state index in [0.717, 1.165) is 13.0 Å². The van der Waals surface area contributed by atoms with Crippen molar-refractivity contribution >= 4 is 17.3 Å². The highest BCUT2D eigenvalue weighted by molar-refractivity contribution is 5.98. The van der Waals surface area contributed by atoms with E-state index in [1.165, 1.54) is 17.3 Å². The number of aryl methyl sites for hydroxylation is 1. The Hall–Kier alpha value is -2.89. The molecule has 25 heavy (non-hydrogen) atoms. The first-order valence-corrected chi connectivity index (χ1v) is 8.35. The van der Waals surface area contributed by atoms with Gasteiger partial charge in [-0.1, -0.05) is 30.3 Å². The van der Waals surface area contributed by atoms with E-state index in [2.05, 4.69) is 22.3 Å². The van der Waals surface area contributed by atoms with Gasteiger partial charge in [-0.3, -0.25) is 14.9 Å². The molecule has 0 aliphatic carbocycles. The number of hydrogen-bond donors (Lipinski definition) is 1. The third kappa shape index (κ3) is 3.33. The second-order valence-corrected chi connectivity index (χ2v) is 6.36. The number of amides is 1. The van der Waals surface area contributed by atoms with Crippen molar-refractivity contribution in [3.05, 3.63) is 69.3 Å². The fourth-order valence-electron chi connectivity index (χ4n) is 3.35. The monoisotopic (exact) mass is 339 g/mol. The molecule has 2 aromatic rings. The lowest BCUT2D eigenvalue weighted by molar-refractivity contribution is -0.385. The molecule has 0 spiro atoms. The third-order valence-corrected chi connectivity index (χ3v) is 4.68. The summed E-state index contributed by atoms with van der Waals surface area (Å²) in [5.74, 6) is -0.408. The first-order valence-electron chi connectivity index (χ1n) is 8.35. The van der Waals surface area contributed by atoms with Gasteiger partial charge in [0.25, 0.3) is 11.6 Å². The predicted molar refractivity (Wildman–Crippen MR) is 97.1 cm³/mol. The van der Waals surface area contributed by atoms with E-state index in [9.17, 15) is 14.9 Å². The van der Waals surface area contributed by atoms with Gasteiger partial charge in [0.2, 0.25) is 0 Å². The summed E-state index contributed by atoms with van der Waals surface area (Å²) < 4.78 is 0. The van der Waals surface area contributed by atoms with Gasteiger partial charge < -0.3 is 10.2 Å². The Bertz CT molecular complexity index is 819. The molecule has 1 N–H and O–H groups in total. The molecule has 3 rings (SSSR count). The summed E-state index contributed by atoms with van der Waals surface area (Å²) in [5, 5.41) is 14.1. The van der Waals surface area contributed by atoms with Gasteiger partial charge in [0.05, 0.1) is 4.92 Å². The Morgan fingerprint density at radius 1 is 1.28 bits per heavy atom. The van der Waals surface area contributed by atoms with Crippen LogP contribution in [-0.2, 0) is 6.42 Å². The Balaban J connectivity index is 1.70. The summed E-state index contributed by atoms with van der Waals surface area (Å²) in [4.78, 5) is 25.5. The Morgan fingerprint density at radius 3 is 2.80 bits per heavy atom. The number of carbonyl (C=O) groups is 1. The Kier molecular flexibility index (Phi) is 4.70. The van der Waals surface area contributed by atoms with Crippen LogP contribution in [-0.4, -0.2) is 30.0 Å². The number of nitrogens with zero attached hydrogens (tertiary/aromatic N) is 2. The number of fused-ring (bicyclic) bond motifs is 1. The van der Waals surface area contributed by atoms with Crippen molar-refractivity contribution in [3.63, 3.8) is 0 Å². The fraction of sp³-hybridized carbons (Fsp3) is 0.316. The largest absolute Gasteiger partial charge is 0.366 e. The summed E-state index contributed by atoms with van der Waals surface area (Å²) in [6.07, 6.45) is 0.998. The SMILES string of the molecule is Cc1cccc(C(=O)NC[C@H](C)N2CCc3ccccc32)c1[N+](=O)[O-]. The smallest absolute Gasteiger partial charge is 0.285 e. The molecule has 1 aliphatic rings. The van der Waals surface area contributed by atoms with E-state index in [0.29, 0.717) is 12.1 Å². The van der Waals surface area contributed by atoms with Gasteiger partial charge in [-0.2, -0.15) is 0 Å². The van der Waals surface area contributed by atoms with E-state index in [-0.39, 0.29) is 17.3 Å². The maximum atomic E-state index is 12.5. The van der Waals surface area contributed by atoms with Crippen molar-refractivity contribution in [2.75, 3.05) is 18.0 Å². The average molecular weight is 339 g/mol. The lowest BCUT2D eigenvalue weighted by Gasteiger charge is -2.27. The first-order chi connectivity index (χ1) is 12.0. The summed E-state index contributed by atoms with van der Waals surface area (Å²) in [6.45, 7) is 5.03. The Labute approximate surface area is 146 Å². The summed E-state index contributed by atoms with van der Waals surface area (Å²) in [6, 6.07) is 13.2. The van der Waals surface area contributed by atoms with Crippen LogP contribution in [0.15, 0.2) is 42.5 Å². The minimum absolute atomic E-state index is 0.108. The number of benzene rings is 2.